The van der Waals surface area contributed by atoms with Crippen molar-refractivity contribution >= 4 is 11.7 Å². The van der Waals surface area contributed by atoms with Crippen molar-refractivity contribution in [2.75, 3.05) is 6.61 Å². The number of benzene rings is 1. The number of para-hydroxylation sites is 1. The fourth-order valence-corrected chi connectivity index (χ4v) is 1.56. The summed E-state index contributed by atoms with van der Waals surface area (Å²) in [4.78, 5) is 21.8. The van der Waals surface area contributed by atoms with E-state index in [2.05, 4.69) is 0 Å². The Hall–Kier alpha value is -1.91. The molecule has 0 aliphatic rings. The second-order valence-corrected chi connectivity index (χ2v) is 3.74. The van der Waals surface area contributed by atoms with E-state index in [4.69, 9.17) is 4.74 Å². The first-order chi connectivity index (χ1) is 8.06. The molecule has 5 nitrogen and oxygen atoms in total. The van der Waals surface area contributed by atoms with E-state index in [0.717, 1.165) is 0 Å². The SMILES string of the molecule is CCOC(=O)[C@H](C)Cc1ccccc1[N+](=O)[O-]. The zero-order valence-corrected chi connectivity index (χ0v) is 9.88. The van der Waals surface area contributed by atoms with Gasteiger partial charge >= 0.3 is 5.97 Å². The van der Waals surface area contributed by atoms with Crippen molar-refractivity contribution in [1.82, 2.24) is 0 Å². The summed E-state index contributed by atoms with van der Waals surface area (Å²) in [5.74, 6) is -0.707. The van der Waals surface area contributed by atoms with Gasteiger partial charge in [-0.2, -0.15) is 0 Å². The Morgan fingerprint density at radius 3 is 2.71 bits per heavy atom. The van der Waals surface area contributed by atoms with Crippen LogP contribution in [0.1, 0.15) is 19.4 Å². The molecular formula is C12H15NO4. The molecule has 5 heteroatoms. The van der Waals surface area contributed by atoms with Gasteiger partial charge in [0, 0.05) is 11.6 Å². The van der Waals surface area contributed by atoms with Crippen LogP contribution in [0, 0.1) is 16.0 Å². The van der Waals surface area contributed by atoms with E-state index in [1.54, 1.807) is 32.0 Å². The lowest BCUT2D eigenvalue weighted by Crippen LogP contribution is -2.17. The number of hydrogen-bond acceptors (Lipinski definition) is 4. The minimum atomic E-state index is -0.437. The Kier molecular flexibility index (Phi) is 4.63. The third-order valence-corrected chi connectivity index (χ3v) is 2.40. The first-order valence-corrected chi connectivity index (χ1v) is 5.45. The topological polar surface area (TPSA) is 69.4 Å². The molecule has 0 radical (unpaired) electrons. The molecule has 0 unspecified atom stereocenters. The predicted octanol–water partition coefficient (Wildman–Crippen LogP) is 2.34. The lowest BCUT2D eigenvalue weighted by molar-refractivity contribution is -0.385. The Morgan fingerprint density at radius 2 is 2.12 bits per heavy atom. The van der Waals surface area contributed by atoms with Gasteiger partial charge in [-0.25, -0.2) is 0 Å². The van der Waals surface area contributed by atoms with Crippen LogP contribution >= 0.6 is 0 Å². The van der Waals surface area contributed by atoms with Gasteiger partial charge in [0.1, 0.15) is 0 Å². The normalized spacial score (nSPS) is 11.9. The molecule has 0 N–H and O–H groups in total. The molecule has 0 bridgehead atoms. The van der Waals surface area contributed by atoms with Crippen molar-refractivity contribution in [2.45, 2.75) is 20.3 Å². The second-order valence-electron chi connectivity index (χ2n) is 3.74. The highest BCUT2D eigenvalue weighted by molar-refractivity contribution is 5.72. The van der Waals surface area contributed by atoms with Gasteiger partial charge in [-0.05, 0) is 13.3 Å². The highest BCUT2D eigenvalue weighted by Gasteiger charge is 2.20. The Labute approximate surface area is 99.5 Å². The Bertz CT molecular complexity index is 417. The van der Waals surface area contributed by atoms with Gasteiger partial charge in [-0.3, -0.25) is 14.9 Å². The zero-order chi connectivity index (χ0) is 12.8. The highest BCUT2D eigenvalue weighted by Crippen LogP contribution is 2.21. The fourth-order valence-electron chi connectivity index (χ4n) is 1.56. The lowest BCUT2D eigenvalue weighted by Gasteiger charge is -2.10. The maximum atomic E-state index is 11.4. The monoisotopic (exact) mass is 237 g/mol. The molecule has 0 heterocycles. The van der Waals surface area contributed by atoms with Gasteiger partial charge in [0.15, 0.2) is 0 Å². The summed E-state index contributed by atoms with van der Waals surface area (Å²) in [6.45, 7) is 3.75. The van der Waals surface area contributed by atoms with Crippen molar-refractivity contribution in [3.05, 3.63) is 39.9 Å². The molecule has 1 atom stereocenters. The number of esters is 1. The van der Waals surface area contributed by atoms with Crippen LogP contribution < -0.4 is 0 Å². The van der Waals surface area contributed by atoms with Gasteiger partial charge in [-0.15, -0.1) is 0 Å². The summed E-state index contributed by atoms with van der Waals surface area (Å²) in [7, 11) is 0. The summed E-state index contributed by atoms with van der Waals surface area (Å²) in [5, 5.41) is 10.8. The smallest absolute Gasteiger partial charge is 0.308 e. The number of ether oxygens (including phenoxy) is 1. The fraction of sp³-hybridized carbons (Fsp3) is 0.417. The third-order valence-electron chi connectivity index (χ3n) is 2.40. The number of carbonyl (C=O) groups is 1. The van der Waals surface area contributed by atoms with Gasteiger partial charge in [-0.1, -0.05) is 25.1 Å². The van der Waals surface area contributed by atoms with E-state index >= 15 is 0 Å². The van der Waals surface area contributed by atoms with E-state index in [0.29, 0.717) is 18.6 Å². The molecule has 0 aliphatic carbocycles. The Balaban J connectivity index is 2.81. The summed E-state index contributed by atoms with van der Waals surface area (Å²) >= 11 is 0. The van der Waals surface area contributed by atoms with Gasteiger partial charge in [0.05, 0.1) is 17.4 Å². The molecule has 1 rings (SSSR count). The third kappa shape index (κ3) is 3.55. The number of carbonyl (C=O) groups excluding carboxylic acids is 1. The van der Waals surface area contributed by atoms with E-state index in [-0.39, 0.29) is 17.6 Å². The molecule has 0 saturated carbocycles. The molecule has 1 aromatic carbocycles. The van der Waals surface area contributed by atoms with Crippen LogP contribution in [0.15, 0.2) is 24.3 Å². The number of rotatable bonds is 5. The summed E-state index contributed by atoms with van der Waals surface area (Å²) in [6.07, 6.45) is 0.315. The van der Waals surface area contributed by atoms with E-state index in [1.807, 2.05) is 0 Å². The number of nitrogens with zero attached hydrogens (tertiary/aromatic N) is 1. The first-order valence-electron chi connectivity index (χ1n) is 5.45. The van der Waals surface area contributed by atoms with Gasteiger partial charge < -0.3 is 4.74 Å². The summed E-state index contributed by atoms with van der Waals surface area (Å²) < 4.78 is 4.87. The van der Waals surface area contributed by atoms with Crippen molar-refractivity contribution < 1.29 is 14.5 Å². The van der Waals surface area contributed by atoms with Crippen molar-refractivity contribution in [2.24, 2.45) is 5.92 Å². The molecule has 0 saturated heterocycles. The zero-order valence-electron chi connectivity index (χ0n) is 9.88. The summed E-state index contributed by atoms with van der Waals surface area (Å²) in [6, 6.07) is 6.43. The van der Waals surface area contributed by atoms with Gasteiger partial charge in [0.25, 0.3) is 5.69 Å². The van der Waals surface area contributed by atoms with Crippen molar-refractivity contribution in [3.8, 4) is 0 Å². The predicted molar refractivity (Wildman–Crippen MR) is 62.6 cm³/mol. The molecule has 0 aromatic heterocycles. The summed E-state index contributed by atoms with van der Waals surface area (Å²) in [5.41, 5.74) is 0.599. The van der Waals surface area contributed by atoms with Crippen LogP contribution in [-0.2, 0) is 16.0 Å². The molecule has 0 amide bonds. The van der Waals surface area contributed by atoms with Crippen molar-refractivity contribution in [1.29, 1.82) is 0 Å². The second kappa shape index (κ2) is 5.98. The number of nitro groups is 1. The number of nitro benzene ring substituents is 1. The molecule has 0 spiro atoms. The minimum Gasteiger partial charge on any atom is -0.466 e. The highest BCUT2D eigenvalue weighted by atomic mass is 16.6. The quantitative estimate of drug-likeness (QED) is 0.447. The maximum Gasteiger partial charge on any atom is 0.308 e. The lowest BCUT2D eigenvalue weighted by atomic mass is 10.00. The molecular weight excluding hydrogens is 222 g/mol. The molecule has 92 valence electrons. The average Bonchev–Trinajstić information content (AvgIpc) is 2.29. The van der Waals surface area contributed by atoms with Crippen LogP contribution in [0.25, 0.3) is 0 Å². The largest absolute Gasteiger partial charge is 0.466 e. The van der Waals surface area contributed by atoms with E-state index in [1.165, 1.54) is 6.07 Å². The van der Waals surface area contributed by atoms with Crippen LogP contribution in [0.4, 0.5) is 5.69 Å². The molecule has 0 aliphatic heterocycles. The van der Waals surface area contributed by atoms with Crippen molar-refractivity contribution in [3.63, 3.8) is 0 Å². The first kappa shape index (κ1) is 13.2. The number of hydrogen-bond donors (Lipinski definition) is 0. The molecule has 1 aromatic rings. The van der Waals surface area contributed by atoms with Crippen LogP contribution in [-0.4, -0.2) is 17.5 Å². The van der Waals surface area contributed by atoms with Gasteiger partial charge in [0.2, 0.25) is 0 Å². The van der Waals surface area contributed by atoms with Crippen LogP contribution in [0.2, 0.25) is 0 Å². The van der Waals surface area contributed by atoms with Crippen LogP contribution in [0.3, 0.4) is 0 Å². The Morgan fingerprint density at radius 1 is 1.47 bits per heavy atom. The molecule has 17 heavy (non-hydrogen) atoms. The molecule has 0 fully saturated rings. The minimum absolute atomic E-state index is 0.0450. The van der Waals surface area contributed by atoms with E-state index < -0.39 is 4.92 Å². The standard InChI is InChI=1S/C12H15NO4/c1-3-17-12(14)9(2)8-10-6-4-5-7-11(10)13(15)16/h4-7,9H,3,8H2,1-2H3/t9-/m1/s1. The maximum absolute atomic E-state index is 11.4. The average molecular weight is 237 g/mol. The van der Waals surface area contributed by atoms with E-state index in [9.17, 15) is 14.9 Å². The van der Waals surface area contributed by atoms with Crippen LogP contribution in [0.5, 0.6) is 0 Å².